The summed E-state index contributed by atoms with van der Waals surface area (Å²) in [6.07, 6.45) is 7.14. The molecule has 3 aromatic rings. The molecule has 0 unspecified atom stereocenters. The summed E-state index contributed by atoms with van der Waals surface area (Å²) in [5.41, 5.74) is 4.30. The number of carbonyl (C=O) groups is 2. The van der Waals surface area contributed by atoms with E-state index in [1.807, 2.05) is 45.9 Å². The Morgan fingerprint density at radius 3 is 2.28 bits per heavy atom. The molecule has 0 aliphatic heterocycles. The SMILES string of the molecule is C#Cc1c(-c2c(C)cccc2C)cc([C@H](CC(=O)O)NC(=O)[C@H](CC(C)C)n2ccc(C)cc2=O)c(F)c1C. The van der Waals surface area contributed by atoms with Gasteiger partial charge in [-0.15, -0.1) is 6.42 Å². The molecule has 7 heteroatoms. The van der Waals surface area contributed by atoms with E-state index >= 15 is 4.39 Å². The van der Waals surface area contributed by atoms with E-state index in [1.165, 1.54) is 10.6 Å². The Morgan fingerprint density at radius 2 is 1.74 bits per heavy atom. The van der Waals surface area contributed by atoms with Gasteiger partial charge in [-0.05, 0) is 80.0 Å². The minimum atomic E-state index is -1.21. The molecule has 204 valence electrons. The molecule has 1 amide bonds. The number of hydrogen-bond acceptors (Lipinski definition) is 3. The van der Waals surface area contributed by atoms with Gasteiger partial charge in [0.1, 0.15) is 11.9 Å². The minimum absolute atomic E-state index is 0.0273. The lowest BCUT2D eigenvalue weighted by atomic mass is 9.86. The van der Waals surface area contributed by atoms with Gasteiger partial charge < -0.3 is 15.0 Å². The maximum atomic E-state index is 15.8. The number of aryl methyl sites for hydroxylation is 3. The highest BCUT2D eigenvalue weighted by Crippen LogP contribution is 2.36. The van der Waals surface area contributed by atoms with Crippen LogP contribution in [0.5, 0.6) is 0 Å². The van der Waals surface area contributed by atoms with Crippen LogP contribution in [0.1, 0.15) is 72.2 Å². The Balaban J connectivity index is 2.17. The molecule has 0 fully saturated rings. The predicted octanol–water partition coefficient (Wildman–Crippen LogP) is 5.79. The van der Waals surface area contributed by atoms with Crippen LogP contribution in [-0.2, 0) is 9.59 Å². The van der Waals surface area contributed by atoms with Gasteiger partial charge in [-0.1, -0.05) is 38.0 Å². The molecule has 0 radical (unpaired) electrons. The number of aromatic nitrogens is 1. The van der Waals surface area contributed by atoms with Crippen molar-refractivity contribution in [3.8, 4) is 23.5 Å². The molecule has 0 saturated carbocycles. The fourth-order valence-corrected chi connectivity index (χ4v) is 5.02. The number of amides is 1. The lowest BCUT2D eigenvalue weighted by molar-refractivity contribution is -0.138. The van der Waals surface area contributed by atoms with Crippen LogP contribution in [0.15, 0.2) is 47.4 Å². The van der Waals surface area contributed by atoms with Crippen LogP contribution in [0.3, 0.4) is 0 Å². The molecule has 1 heterocycles. The summed E-state index contributed by atoms with van der Waals surface area (Å²) in [4.78, 5) is 38.3. The van der Waals surface area contributed by atoms with E-state index in [2.05, 4.69) is 11.2 Å². The van der Waals surface area contributed by atoms with E-state index in [4.69, 9.17) is 6.42 Å². The molecule has 2 aromatic carbocycles. The zero-order valence-corrected chi connectivity index (χ0v) is 23.3. The number of pyridine rings is 1. The largest absolute Gasteiger partial charge is 0.481 e. The van der Waals surface area contributed by atoms with Gasteiger partial charge in [-0.2, -0.15) is 0 Å². The Labute approximate surface area is 228 Å². The first-order valence-corrected chi connectivity index (χ1v) is 12.9. The number of nitrogens with one attached hydrogen (secondary N) is 1. The van der Waals surface area contributed by atoms with Gasteiger partial charge in [0.2, 0.25) is 5.91 Å². The summed E-state index contributed by atoms with van der Waals surface area (Å²) >= 11 is 0. The van der Waals surface area contributed by atoms with Crippen molar-refractivity contribution < 1.29 is 19.1 Å². The zero-order chi connectivity index (χ0) is 29.0. The van der Waals surface area contributed by atoms with Crippen LogP contribution in [-0.4, -0.2) is 21.6 Å². The maximum Gasteiger partial charge on any atom is 0.305 e. The molecule has 3 rings (SSSR count). The normalized spacial score (nSPS) is 12.6. The summed E-state index contributed by atoms with van der Waals surface area (Å²) in [5, 5.41) is 12.5. The third kappa shape index (κ3) is 6.46. The highest BCUT2D eigenvalue weighted by atomic mass is 19.1. The van der Waals surface area contributed by atoms with E-state index in [0.29, 0.717) is 17.5 Å². The van der Waals surface area contributed by atoms with Gasteiger partial charge >= 0.3 is 5.97 Å². The van der Waals surface area contributed by atoms with Gasteiger partial charge in [0, 0.05) is 29.0 Å². The van der Waals surface area contributed by atoms with Crippen molar-refractivity contribution in [2.75, 3.05) is 0 Å². The lowest BCUT2D eigenvalue weighted by Crippen LogP contribution is -2.40. The monoisotopic (exact) mass is 530 g/mol. The van der Waals surface area contributed by atoms with Gasteiger partial charge in [-0.25, -0.2) is 4.39 Å². The zero-order valence-electron chi connectivity index (χ0n) is 23.3. The first-order valence-electron chi connectivity index (χ1n) is 12.9. The second-order valence-electron chi connectivity index (χ2n) is 10.5. The van der Waals surface area contributed by atoms with Gasteiger partial charge in [0.15, 0.2) is 0 Å². The summed E-state index contributed by atoms with van der Waals surface area (Å²) in [6, 6.07) is 8.39. The van der Waals surface area contributed by atoms with Gasteiger partial charge in [-0.3, -0.25) is 14.4 Å². The van der Waals surface area contributed by atoms with E-state index in [1.54, 1.807) is 32.2 Å². The van der Waals surface area contributed by atoms with Crippen LogP contribution in [0.2, 0.25) is 0 Å². The van der Waals surface area contributed by atoms with Crippen molar-refractivity contribution in [2.24, 2.45) is 5.92 Å². The van der Waals surface area contributed by atoms with Crippen LogP contribution >= 0.6 is 0 Å². The van der Waals surface area contributed by atoms with Crippen molar-refractivity contribution in [2.45, 2.75) is 66.5 Å². The Morgan fingerprint density at radius 1 is 1.10 bits per heavy atom. The quantitative estimate of drug-likeness (QED) is 0.343. The smallest absolute Gasteiger partial charge is 0.305 e. The number of carboxylic acids is 1. The second kappa shape index (κ2) is 12.1. The molecule has 0 aliphatic carbocycles. The van der Waals surface area contributed by atoms with Crippen molar-refractivity contribution in [1.82, 2.24) is 9.88 Å². The lowest BCUT2D eigenvalue weighted by Gasteiger charge is -2.26. The average Bonchev–Trinajstić information content (AvgIpc) is 2.84. The third-order valence-corrected chi connectivity index (χ3v) is 6.93. The first-order chi connectivity index (χ1) is 18.3. The number of nitrogens with zero attached hydrogens (tertiary/aromatic N) is 1. The first kappa shape index (κ1) is 29.4. The second-order valence-corrected chi connectivity index (χ2v) is 10.5. The van der Waals surface area contributed by atoms with Gasteiger partial charge in [0.05, 0.1) is 12.5 Å². The molecular formula is C32H35FN2O4. The summed E-state index contributed by atoms with van der Waals surface area (Å²) < 4.78 is 17.2. The minimum Gasteiger partial charge on any atom is -0.481 e. The van der Waals surface area contributed by atoms with Crippen molar-refractivity contribution in [1.29, 1.82) is 0 Å². The summed E-state index contributed by atoms with van der Waals surface area (Å²) in [6.45, 7) is 11.0. The fraction of sp³-hybridized carbons (Fsp3) is 0.344. The maximum absolute atomic E-state index is 15.8. The van der Waals surface area contributed by atoms with E-state index < -0.39 is 36.2 Å². The number of carbonyl (C=O) groups excluding carboxylic acids is 1. The molecule has 0 aliphatic rings. The molecule has 0 bridgehead atoms. The van der Waals surface area contributed by atoms with E-state index in [-0.39, 0.29) is 22.6 Å². The van der Waals surface area contributed by atoms with Crippen molar-refractivity contribution in [3.63, 3.8) is 0 Å². The number of halogens is 1. The Kier molecular flexibility index (Phi) is 9.13. The third-order valence-electron chi connectivity index (χ3n) is 6.93. The molecule has 6 nitrogen and oxygen atoms in total. The number of rotatable bonds is 9. The number of carboxylic acid groups (broad SMARTS) is 1. The topological polar surface area (TPSA) is 88.4 Å². The van der Waals surface area contributed by atoms with Crippen LogP contribution in [0.4, 0.5) is 4.39 Å². The molecular weight excluding hydrogens is 495 g/mol. The van der Waals surface area contributed by atoms with E-state index in [0.717, 1.165) is 22.3 Å². The van der Waals surface area contributed by atoms with Crippen molar-refractivity contribution in [3.05, 3.63) is 92.1 Å². The van der Waals surface area contributed by atoms with Crippen LogP contribution < -0.4 is 10.9 Å². The van der Waals surface area contributed by atoms with Crippen LogP contribution in [0.25, 0.3) is 11.1 Å². The number of benzene rings is 2. The molecule has 0 spiro atoms. The highest BCUT2D eigenvalue weighted by molar-refractivity contribution is 5.83. The molecule has 39 heavy (non-hydrogen) atoms. The Hall–Kier alpha value is -4.18. The molecule has 0 saturated heterocycles. The predicted molar refractivity (Wildman–Crippen MR) is 151 cm³/mol. The number of aliphatic carboxylic acids is 1. The van der Waals surface area contributed by atoms with E-state index in [9.17, 15) is 19.5 Å². The van der Waals surface area contributed by atoms with Crippen LogP contribution in [0, 0.1) is 51.8 Å². The number of terminal acetylenes is 1. The fourth-order valence-electron chi connectivity index (χ4n) is 5.02. The molecule has 2 atom stereocenters. The summed E-state index contributed by atoms with van der Waals surface area (Å²) in [7, 11) is 0. The highest BCUT2D eigenvalue weighted by Gasteiger charge is 2.30. The molecule has 2 N–H and O–H groups in total. The number of hydrogen-bond donors (Lipinski definition) is 2. The molecule has 1 aromatic heterocycles. The summed E-state index contributed by atoms with van der Waals surface area (Å²) in [5.74, 6) is 0.208. The average molecular weight is 531 g/mol. The van der Waals surface area contributed by atoms with Gasteiger partial charge in [0.25, 0.3) is 5.56 Å². The van der Waals surface area contributed by atoms with Crippen molar-refractivity contribution >= 4 is 11.9 Å². The Bertz CT molecular complexity index is 1490. The standard InChI is InChI=1S/C32H35FN2O4/c1-8-23-22(7)31(33)25(16-24(23)30-20(5)10-9-11-21(30)6)26(17-29(37)38)34-32(39)27(14-18(2)3)35-13-12-19(4)15-28(35)36/h1,9-13,15-16,18,26-27H,14,17H2,2-7H3,(H,34,39)(H,37,38)/t26-,27-/m0/s1.